The molecule has 0 saturated carbocycles. The minimum absolute atomic E-state index is 0.0841. The van der Waals surface area contributed by atoms with Crippen LogP contribution in [0.3, 0.4) is 0 Å². The standard InChI is InChI=1S/C17H20N4O3/c1-18-11-21-7-6-13(10-21)19-17(22)16-9-15(20-24-16)12-4-3-5-14(8-12)23-2/h3-5,8-9,11,13H,6-7,10H2,1-2H3,(H,19,22)/b18-11-/t13-/m1/s1. The van der Waals surface area contributed by atoms with Crippen LogP contribution in [0, 0.1) is 0 Å². The zero-order chi connectivity index (χ0) is 16.9. The third kappa shape index (κ3) is 3.56. The second-order valence-electron chi connectivity index (χ2n) is 5.64. The lowest BCUT2D eigenvalue weighted by Crippen LogP contribution is -2.36. The molecule has 1 aliphatic rings. The Kier molecular flexibility index (Phi) is 4.79. The van der Waals surface area contributed by atoms with E-state index in [0.717, 1.165) is 30.8 Å². The zero-order valence-corrected chi connectivity index (χ0v) is 13.7. The summed E-state index contributed by atoms with van der Waals surface area (Å²) >= 11 is 0. The van der Waals surface area contributed by atoms with Gasteiger partial charge in [-0.15, -0.1) is 0 Å². The Bertz CT molecular complexity index is 741. The summed E-state index contributed by atoms with van der Waals surface area (Å²) in [5.41, 5.74) is 1.44. The van der Waals surface area contributed by atoms with Crippen molar-refractivity contribution in [3.05, 3.63) is 36.1 Å². The van der Waals surface area contributed by atoms with E-state index in [0.29, 0.717) is 5.69 Å². The highest BCUT2D eigenvalue weighted by molar-refractivity contribution is 5.92. The van der Waals surface area contributed by atoms with Gasteiger partial charge < -0.3 is 19.5 Å². The Morgan fingerprint density at radius 2 is 2.38 bits per heavy atom. The average Bonchev–Trinajstić information content (AvgIpc) is 3.25. The van der Waals surface area contributed by atoms with Gasteiger partial charge in [-0.25, -0.2) is 0 Å². The summed E-state index contributed by atoms with van der Waals surface area (Å²) in [5, 5.41) is 6.95. The van der Waals surface area contributed by atoms with E-state index in [4.69, 9.17) is 9.26 Å². The van der Waals surface area contributed by atoms with Crippen molar-refractivity contribution >= 4 is 12.2 Å². The van der Waals surface area contributed by atoms with Crippen LogP contribution in [0.2, 0.25) is 0 Å². The molecule has 3 rings (SSSR count). The molecule has 0 spiro atoms. The first kappa shape index (κ1) is 16.0. The van der Waals surface area contributed by atoms with Gasteiger partial charge >= 0.3 is 0 Å². The number of ether oxygens (including phenoxy) is 1. The van der Waals surface area contributed by atoms with Gasteiger partial charge in [0.05, 0.1) is 13.4 Å². The number of nitrogens with one attached hydrogen (secondary N) is 1. The van der Waals surface area contributed by atoms with Crippen molar-refractivity contribution in [2.75, 3.05) is 27.2 Å². The first-order chi connectivity index (χ1) is 11.7. The molecule has 2 aromatic rings. The predicted molar refractivity (Wildman–Crippen MR) is 90.4 cm³/mol. The number of rotatable bonds is 5. The van der Waals surface area contributed by atoms with Crippen LogP contribution in [-0.4, -0.2) is 55.6 Å². The van der Waals surface area contributed by atoms with E-state index in [2.05, 4.69) is 20.4 Å². The van der Waals surface area contributed by atoms with Gasteiger partial charge in [-0.05, 0) is 18.6 Å². The Balaban J connectivity index is 1.65. The highest BCUT2D eigenvalue weighted by Gasteiger charge is 2.24. The summed E-state index contributed by atoms with van der Waals surface area (Å²) in [7, 11) is 3.34. The highest BCUT2D eigenvalue weighted by atomic mass is 16.5. The van der Waals surface area contributed by atoms with Crippen molar-refractivity contribution in [3.63, 3.8) is 0 Å². The van der Waals surface area contributed by atoms with Crippen LogP contribution in [0.4, 0.5) is 0 Å². The van der Waals surface area contributed by atoms with Gasteiger partial charge in [-0.3, -0.25) is 9.79 Å². The molecule has 1 amide bonds. The summed E-state index contributed by atoms with van der Waals surface area (Å²) < 4.78 is 10.4. The van der Waals surface area contributed by atoms with Crippen LogP contribution in [0.1, 0.15) is 17.0 Å². The van der Waals surface area contributed by atoms with Gasteiger partial charge in [0.2, 0.25) is 5.76 Å². The lowest BCUT2D eigenvalue weighted by Gasteiger charge is -2.12. The smallest absolute Gasteiger partial charge is 0.290 e. The zero-order valence-electron chi connectivity index (χ0n) is 13.7. The van der Waals surface area contributed by atoms with Crippen LogP contribution < -0.4 is 10.1 Å². The van der Waals surface area contributed by atoms with Gasteiger partial charge in [0.1, 0.15) is 11.4 Å². The number of benzene rings is 1. The molecule has 1 saturated heterocycles. The lowest BCUT2D eigenvalue weighted by atomic mass is 10.1. The molecule has 0 aliphatic carbocycles. The molecule has 1 aromatic heterocycles. The molecule has 1 atom stereocenters. The second-order valence-corrected chi connectivity index (χ2v) is 5.64. The molecule has 24 heavy (non-hydrogen) atoms. The Labute approximate surface area is 140 Å². The van der Waals surface area contributed by atoms with Gasteiger partial charge in [0, 0.05) is 37.8 Å². The lowest BCUT2D eigenvalue weighted by molar-refractivity contribution is 0.0902. The third-order valence-corrected chi connectivity index (χ3v) is 3.93. The molecule has 1 aromatic carbocycles. The van der Waals surface area contributed by atoms with Crippen LogP contribution >= 0.6 is 0 Å². The molecule has 1 aliphatic heterocycles. The largest absolute Gasteiger partial charge is 0.497 e. The summed E-state index contributed by atoms with van der Waals surface area (Å²) in [6, 6.07) is 9.18. The molecule has 2 heterocycles. The molecule has 1 fully saturated rings. The number of methoxy groups -OCH3 is 1. The molecule has 0 radical (unpaired) electrons. The van der Waals surface area contributed by atoms with Crippen molar-refractivity contribution in [2.24, 2.45) is 4.99 Å². The number of amides is 1. The molecular weight excluding hydrogens is 308 g/mol. The molecule has 0 bridgehead atoms. The summed E-state index contributed by atoms with van der Waals surface area (Å²) in [6.45, 7) is 1.63. The van der Waals surface area contributed by atoms with E-state index in [1.165, 1.54) is 0 Å². The fourth-order valence-corrected chi connectivity index (χ4v) is 2.73. The molecular formula is C17H20N4O3. The van der Waals surface area contributed by atoms with Crippen molar-refractivity contribution in [1.29, 1.82) is 0 Å². The number of aromatic nitrogens is 1. The maximum atomic E-state index is 12.3. The van der Waals surface area contributed by atoms with Crippen LogP contribution in [-0.2, 0) is 0 Å². The molecule has 1 N–H and O–H groups in total. The summed E-state index contributed by atoms with van der Waals surface area (Å²) in [5.74, 6) is 0.678. The maximum Gasteiger partial charge on any atom is 0.290 e. The van der Waals surface area contributed by atoms with Gasteiger partial charge in [-0.2, -0.15) is 0 Å². The maximum absolute atomic E-state index is 12.3. The third-order valence-electron chi connectivity index (χ3n) is 3.93. The van der Waals surface area contributed by atoms with Gasteiger partial charge in [0.25, 0.3) is 5.91 Å². The Hall–Kier alpha value is -2.83. The fraction of sp³-hybridized carbons (Fsp3) is 0.353. The van der Waals surface area contributed by atoms with E-state index in [1.807, 2.05) is 24.3 Å². The Morgan fingerprint density at radius 3 is 3.17 bits per heavy atom. The first-order valence-electron chi connectivity index (χ1n) is 7.78. The first-order valence-corrected chi connectivity index (χ1v) is 7.78. The second kappa shape index (κ2) is 7.16. The van der Waals surface area contributed by atoms with E-state index in [1.54, 1.807) is 26.6 Å². The number of nitrogens with zero attached hydrogens (tertiary/aromatic N) is 3. The van der Waals surface area contributed by atoms with E-state index < -0.39 is 0 Å². The fourth-order valence-electron chi connectivity index (χ4n) is 2.73. The minimum atomic E-state index is -0.253. The molecule has 0 unspecified atom stereocenters. The summed E-state index contributed by atoms with van der Waals surface area (Å²) in [4.78, 5) is 18.4. The van der Waals surface area contributed by atoms with Gasteiger partial charge in [-0.1, -0.05) is 17.3 Å². The molecule has 7 nitrogen and oxygen atoms in total. The minimum Gasteiger partial charge on any atom is -0.497 e. The number of carbonyl (C=O) groups excluding carboxylic acids is 1. The molecule has 7 heteroatoms. The molecule has 126 valence electrons. The quantitative estimate of drug-likeness (QED) is 0.669. The number of carbonyl (C=O) groups is 1. The van der Waals surface area contributed by atoms with Gasteiger partial charge in [0.15, 0.2) is 0 Å². The Morgan fingerprint density at radius 1 is 1.50 bits per heavy atom. The van der Waals surface area contributed by atoms with Crippen LogP contribution in [0.25, 0.3) is 11.3 Å². The van der Waals surface area contributed by atoms with Crippen molar-refractivity contribution in [1.82, 2.24) is 15.4 Å². The number of hydrogen-bond donors (Lipinski definition) is 1. The number of likely N-dealkylation sites (tertiary alicyclic amines) is 1. The van der Waals surface area contributed by atoms with E-state index in [-0.39, 0.29) is 17.7 Å². The monoisotopic (exact) mass is 328 g/mol. The van der Waals surface area contributed by atoms with E-state index >= 15 is 0 Å². The number of hydrogen-bond acceptors (Lipinski definition) is 5. The average molecular weight is 328 g/mol. The normalized spacial score (nSPS) is 17.4. The van der Waals surface area contributed by atoms with Crippen molar-refractivity contribution in [2.45, 2.75) is 12.5 Å². The summed E-state index contributed by atoms with van der Waals surface area (Å²) in [6.07, 6.45) is 2.68. The van der Waals surface area contributed by atoms with Crippen LogP contribution in [0.5, 0.6) is 5.75 Å². The van der Waals surface area contributed by atoms with Crippen molar-refractivity contribution in [3.8, 4) is 17.0 Å². The SMILES string of the molecule is C/N=C\N1CC[C@@H](NC(=O)c2cc(-c3cccc(OC)c3)no2)C1. The number of aliphatic imine (C=N–C) groups is 1. The topological polar surface area (TPSA) is 80.0 Å². The van der Waals surface area contributed by atoms with E-state index in [9.17, 15) is 4.79 Å². The highest BCUT2D eigenvalue weighted by Crippen LogP contribution is 2.23. The predicted octanol–water partition coefficient (Wildman–Crippen LogP) is 1.81. The van der Waals surface area contributed by atoms with Crippen molar-refractivity contribution < 1.29 is 14.1 Å². The van der Waals surface area contributed by atoms with Crippen LogP contribution in [0.15, 0.2) is 39.8 Å².